The number of carboxylic acid groups (broad SMARTS) is 1. The number of aliphatic carboxylic acids is 1. The highest BCUT2D eigenvalue weighted by molar-refractivity contribution is 5.86. The van der Waals surface area contributed by atoms with Crippen LogP contribution in [0.5, 0.6) is 0 Å². The number of amides is 1. The van der Waals surface area contributed by atoms with E-state index in [1.165, 1.54) is 0 Å². The molecule has 1 aromatic rings. The Labute approximate surface area is 116 Å². The fourth-order valence-corrected chi connectivity index (χ4v) is 3.12. The molecule has 3 heterocycles. The van der Waals surface area contributed by atoms with Crippen LogP contribution >= 0.6 is 0 Å². The molecule has 1 aromatic heterocycles. The predicted molar refractivity (Wildman–Crippen MR) is 68.6 cm³/mol. The van der Waals surface area contributed by atoms with Gasteiger partial charge >= 0.3 is 5.97 Å². The maximum absolute atomic E-state index is 12.2. The molecule has 2 aliphatic heterocycles. The van der Waals surface area contributed by atoms with E-state index in [1.54, 1.807) is 12.3 Å². The zero-order chi connectivity index (χ0) is 14.1. The van der Waals surface area contributed by atoms with Crippen molar-refractivity contribution < 1.29 is 19.4 Å². The van der Waals surface area contributed by atoms with Crippen molar-refractivity contribution in [3.63, 3.8) is 0 Å². The van der Waals surface area contributed by atoms with Crippen LogP contribution in [-0.4, -0.2) is 34.2 Å². The molecule has 0 aliphatic carbocycles. The van der Waals surface area contributed by atoms with Gasteiger partial charge in [-0.1, -0.05) is 6.07 Å². The summed E-state index contributed by atoms with van der Waals surface area (Å²) in [5.74, 6) is -2.52. The monoisotopic (exact) mass is 276 g/mol. The topological polar surface area (TPSA) is 88.5 Å². The van der Waals surface area contributed by atoms with Crippen molar-refractivity contribution in [1.82, 2.24) is 10.3 Å². The summed E-state index contributed by atoms with van der Waals surface area (Å²) in [7, 11) is 0. The quantitative estimate of drug-likeness (QED) is 0.839. The number of rotatable bonds is 4. The average Bonchev–Trinajstić information content (AvgIpc) is 3.06. The predicted octanol–water partition coefficient (Wildman–Crippen LogP) is 0.576. The highest BCUT2D eigenvalue weighted by atomic mass is 16.5. The van der Waals surface area contributed by atoms with Crippen molar-refractivity contribution in [2.45, 2.75) is 31.6 Å². The maximum Gasteiger partial charge on any atom is 0.310 e. The second-order valence-corrected chi connectivity index (χ2v) is 5.22. The number of nitrogens with one attached hydrogen (secondary N) is 1. The van der Waals surface area contributed by atoms with Gasteiger partial charge in [-0.3, -0.25) is 14.6 Å². The third kappa shape index (κ3) is 2.27. The first-order valence-corrected chi connectivity index (χ1v) is 6.72. The minimum absolute atomic E-state index is 0.254. The molecule has 3 rings (SSSR count). The summed E-state index contributed by atoms with van der Waals surface area (Å²) in [6, 6.07) is 5.46. The molecule has 0 spiro atoms. The number of carbonyl (C=O) groups excluding carboxylic acids is 1. The summed E-state index contributed by atoms with van der Waals surface area (Å²) in [6.07, 6.45) is 2.57. The van der Waals surface area contributed by atoms with Crippen LogP contribution < -0.4 is 5.32 Å². The number of hydrogen-bond donors (Lipinski definition) is 2. The molecule has 20 heavy (non-hydrogen) atoms. The summed E-state index contributed by atoms with van der Waals surface area (Å²) in [5, 5.41) is 12.0. The van der Waals surface area contributed by atoms with Gasteiger partial charge in [0.2, 0.25) is 5.91 Å². The van der Waals surface area contributed by atoms with Gasteiger partial charge in [-0.05, 0) is 25.0 Å². The van der Waals surface area contributed by atoms with Gasteiger partial charge in [-0.2, -0.15) is 0 Å². The molecule has 2 bridgehead atoms. The van der Waals surface area contributed by atoms with Crippen molar-refractivity contribution in [3.05, 3.63) is 30.1 Å². The maximum atomic E-state index is 12.2. The van der Waals surface area contributed by atoms with Crippen molar-refractivity contribution in [2.24, 2.45) is 11.8 Å². The van der Waals surface area contributed by atoms with Crippen molar-refractivity contribution in [1.29, 1.82) is 0 Å². The molecule has 1 amide bonds. The van der Waals surface area contributed by atoms with Crippen LogP contribution in [0.3, 0.4) is 0 Å². The number of carbonyl (C=O) groups is 2. The number of ether oxygens (including phenoxy) is 1. The summed E-state index contributed by atoms with van der Waals surface area (Å²) in [4.78, 5) is 27.7. The second-order valence-electron chi connectivity index (χ2n) is 5.22. The first-order chi connectivity index (χ1) is 9.66. The van der Waals surface area contributed by atoms with Crippen molar-refractivity contribution in [3.8, 4) is 0 Å². The molecule has 2 unspecified atom stereocenters. The lowest BCUT2D eigenvalue weighted by molar-refractivity contribution is -0.147. The van der Waals surface area contributed by atoms with E-state index in [4.69, 9.17) is 4.74 Å². The molecule has 2 N–H and O–H groups in total. The zero-order valence-electron chi connectivity index (χ0n) is 10.9. The Morgan fingerprint density at radius 1 is 1.30 bits per heavy atom. The minimum Gasteiger partial charge on any atom is -0.481 e. The number of aromatic nitrogens is 1. The molecule has 4 atom stereocenters. The summed E-state index contributed by atoms with van der Waals surface area (Å²) >= 11 is 0. The Morgan fingerprint density at radius 2 is 2.05 bits per heavy atom. The molecule has 0 radical (unpaired) electrons. The zero-order valence-corrected chi connectivity index (χ0v) is 10.9. The molecule has 6 nitrogen and oxygen atoms in total. The highest BCUT2D eigenvalue weighted by Crippen LogP contribution is 2.43. The standard InChI is InChI=1S/C14H16N2O4/c17-13(16-7-8-3-1-2-6-15-8)11-9-4-5-10(20-9)12(11)14(18)19/h1-3,6,9-12H,4-5,7H2,(H,16,17)(H,18,19)/t9-,10-,11?,12?/m1/s1. The van der Waals surface area contributed by atoms with Gasteiger partial charge in [0.05, 0.1) is 36.3 Å². The molecule has 2 fully saturated rings. The van der Waals surface area contributed by atoms with Gasteiger partial charge in [0.25, 0.3) is 0 Å². The Kier molecular flexibility index (Phi) is 3.40. The van der Waals surface area contributed by atoms with E-state index in [0.29, 0.717) is 6.54 Å². The second kappa shape index (κ2) is 5.20. The van der Waals surface area contributed by atoms with Crippen LogP contribution in [0.2, 0.25) is 0 Å². The van der Waals surface area contributed by atoms with E-state index >= 15 is 0 Å². The lowest BCUT2D eigenvalue weighted by Gasteiger charge is -2.23. The van der Waals surface area contributed by atoms with Crippen LogP contribution in [0.15, 0.2) is 24.4 Å². The third-order valence-electron chi connectivity index (χ3n) is 4.03. The Bertz CT molecular complexity index is 519. The fourth-order valence-electron chi connectivity index (χ4n) is 3.12. The Morgan fingerprint density at radius 3 is 2.70 bits per heavy atom. The van der Waals surface area contributed by atoms with E-state index < -0.39 is 17.8 Å². The largest absolute Gasteiger partial charge is 0.481 e. The highest BCUT2D eigenvalue weighted by Gasteiger charge is 2.55. The van der Waals surface area contributed by atoms with Gasteiger partial charge < -0.3 is 15.2 Å². The SMILES string of the molecule is O=C(O)C1C(C(=O)NCc2ccccn2)[C@H]2CC[C@H]1O2. The molecule has 2 saturated heterocycles. The lowest BCUT2D eigenvalue weighted by Crippen LogP contribution is -2.43. The molecule has 6 heteroatoms. The van der Waals surface area contributed by atoms with Crippen LogP contribution in [0.25, 0.3) is 0 Å². The smallest absolute Gasteiger partial charge is 0.310 e. The summed E-state index contributed by atoms with van der Waals surface area (Å²) < 4.78 is 5.57. The Hall–Kier alpha value is -1.95. The van der Waals surface area contributed by atoms with Gasteiger partial charge in [-0.15, -0.1) is 0 Å². The third-order valence-corrected chi connectivity index (χ3v) is 4.03. The number of fused-ring (bicyclic) bond motifs is 2. The van der Waals surface area contributed by atoms with Gasteiger partial charge in [0.1, 0.15) is 0 Å². The molecule has 2 aliphatic rings. The van der Waals surface area contributed by atoms with E-state index in [2.05, 4.69) is 10.3 Å². The van der Waals surface area contributed by atoms with Gasteiger partial charge in [-0.25, -0.2) is 0 Å². The first kappa shape index (κ1) is 13.1. The Balaban J connectivity index is 1.66. The molecule has 0 aromatic carbocycles. The van der Waals surface area contributed by atoms with Crippen LogP contribution in [0.4, 0.5) is 0 Å². The number of carboxylic acids is 1. The molecular formula is C14H16N2O4. The number of hydrogen-bond acceptors (Lipinski definition) is 4. The first-order valence-electron chi connectivity index (χ1n) is 6.72. The van der Waals surface area contributed by atoms with Crippen molar-refractivity contribution >= 4 is 11.9 Å². The number of nitrogens with zero attached hydrogens (tertiary/aromatic N) is 1. The minimum atomic E-state index is -0.949. The molecule has 0 saturated carbocycles. The average molecular weight is 276 g/mol. The van der Waals surface area contributed by atoms with Gasteiger partial charge in [0.15, 0.2) is 0 Å². The normalized spacial score (nSPS) is 31.2. The van der Waals surface area contributed by atoms with Gasteiger partial charge in [0, 0.05) is 6.20 Å². The summed E-state index contributed by atoms with van der Waals surface area (Å²) in [5.41, 5.74) is 0.747. The van der Waals surface area contributed by atoms with E-state index in [1.807, 2.05) is 12.1 Å². The number of pyridine rings is 1. The summed E-state index contributed by atoms with van der Waals surface area (Å²) in [6.45, 7) is 0.305. The molecule has 106 valence electrons. The fraction of sp³-hybridized carbons (Fsp3) is 0.500. The van der Waals surface area contributed by atoms with E-state index in [-0.39, 0.29) is 18.1 Å². The van der Waals surface area contributed by atoms with E-state index in [9.17, 15) is 14.7 Å². The molecular weight excluding hydrogens is 260 g/mol. The van der Waals surface area contributed by atoms with Crippen LogP contribution in [0, 0.1) is 11.8 Å². The lowest BCUT2D eigenvalue weighted by atomic mass is 9.78. The van der Waals surface area contributed by atoms with Crippen LogP contribution in [-0.2, 0) is 20.9 Å². The van der Waals surface area contributed by atoms with Crippen LogP contribution in [0.1, 0.15) is 18.5 Å². The van der Waals surface area contributed by atoms with E-state index in [0.717, 1.165) is 18.5 Å². The van der Waals surface area contributed by atoms with Crippen molar-refractivity contribution in [2.75, 3.05) is 0 Å².